The Balaban J connectivity index is 1.91. The number of hydrogen-bond donors (Lipinski definition) is 1. The molecular formula is C13H11IN4OS. The smallest absolute Gasteiger partial charge is 0.172 e. The van der Waals surface area contributed by atoms with Crippen LogP contribution < -0.4 is 4.74 Å². The average Bonchev–Trinajstić information content (AvgIpc) is 2.83. The lowest BCUT2D eigenvalue weighted by Gasteiger charge is -2.00. The van der Waals surface area contributed by atoms with E-state index in [9.17, 15) is 0 Å². The Labute approximate surface area is 133 Å². The van der Waals surface area contributed by atoms with Crippen LogP contribution in [0.3, 0.4) is 0 Å². The summed E-state index contributed by atoms with van der Waals surface area (Å²) in [7, 11) is 0. The van der Waals surface area contributed by atoms with Gasteiger partial charge in [-0.15, -0.1) is 0 Å². The number of nitrogens with one attached hydrogen (secondary N) is 1. The second-order valence-corrected chi connectivity index (χ2v) is 6.07. The van der Waals surface area contributed by atoms with Gasteiger partial charge < -0.3 is 9.72 Å². The van der Waals surface area contributed by atoms with Gasteiger partial charge >= 0.3 is 0 Å². The van der Waals surface area contributed by atoms with E-state index in [1.54, 1.807) is 12.5 Å². The van der Waals surface area contributed by atoms with E-state index in [-0.39, 0.29) is 0 Å². The second kappa shape index (κ2) is 5.96. The molecule has 0 aliphatic heterocycles. The molecule has 1 aromatic carbocycles. The molecule has 3 aromatic rings. The zero-order valence-corrected chi connectivity index (χ0v) is 13.6. The maximum Gasteiger partial charge on any atom is 0.172 e. The molecule has 20 heavy (non-hydrogen) atoms. The van der Waals surface area contributed by atoms with Crippen molar-refractivity contribution in [3.8, 4) is 5.75 Å². The number of benzene rings is 1. The summed E-state index contributed by atoms with van der Waals surface area (Å²) in [4.78, 5) is 16.0. The highest BCUT2D eigenvalue weighted by atomic mass is 127. The summed E-state index contributed by atoms with van der Waals surface area (Å²) in [6.07, 6.45) is 3.33. The molecule has 3 rings (SSSR count). The van der Waals surface area contributed by atoms with Crippen molar-refractivity contribution < 1.29 is 4.74 Å². The lowest BCUT2D eigenvalue weighted by atomic mass is 10.3. The van der Waals surface area contributed by atoms with E-state index in [4.69, 9.17) is 4.74 Å². The lowest BCUT2D eigenvalue weighted by molar-refractivity contribution is 0.340. The average molecular weight is 398 g/mol. The number of fused-ring (bicyclic) bond motifs is 1. The van der Waals surface area contributed by atoms with E-state index in [2.05, 4.69) is 42.5 Å². The maximum absolute atomic E-state index is 5.48. The van der Waals surface area contributed by atoms with Crippen LogP contribution in [0.25, 0.3) is 11.0 Å². The highest BCUT2D eigenvalue weighted by molar-refractivity contribution is 14.1. The molecule has 7 heteroatoms. The van der Waals surface area contributed by atoms with Crippen molar-refractivity contribution in [3.63, 3.8) is 0 Å². The van der Waals surface area contributed by atoms with Crippen molar-refractivity contribution in [2.45, 2.75) is 17.1 Å². The van der Waals surface area contributed by atoms with Gasteiger partial charge in [0, 0.05) is 12.3 Å². The van der Waals surface area contributed by atoms with E-state index < -0.39 is 0 Å². The van der Waals surface area contributed by atoms with E-state index in [0.717, 1.165) is 30.5 Å². The first-order chi connectivity index (χ1) is 9.76. The van der Waals surface area contributed by atoms with Crippen LogP contribution in [-0.4, -0.2) is 26.5 Å². The SMILES string of the molecule is CCOc1ccc2nc(Sc3ncncc3I)[nH]c2c1. The molecule has 5 nitrogen and oxygen atoms in total. The number of halogens is 1. The Bertz CT molecular complexity index is 746. The number of aromatic amines is 1. The summed E-state index contributed by atoms with van der Waals surface area (Å²) in [6.45, 7) is 2.62. The molecule has 0 unspecified atom stereocenters. The van der Waals surface area contributed by atoms with Gasteiger partial charge in [0.05, 0.1) is 21.2 Å². The molecule has 0 bridgehead atoms. The van der Waals surface area contributed by atoms with Gasteiger partial charge in [-0.1, -0.05) is 0 Å². The van der Waals surface area contributed by atoms with E-state index in [1.165, 1.54) is 11.8 Å². The zero-order valence-electron chi connectivity index (χ0n) is 10.6. The number of ether oxygens (including phenoxy) is 1. The van der Waals surface area contributed by atoms with Crippen molar-refractivity contribution in [1.82, 2.24) is 19.9 Å². The van der Waals surface area contributed by atoms with Crippen LogP contribution in [0.1, 0.15) is 6.92 Å². The Kier molecular flexibility index (Phi) is 4.06. The second-order valence-electron chi connectivity index (χ2n) is 3.93. The van der Waals surface area contributed by atoms with E-state index in [1.807, 2.05) is 25.1 Å². The molecule has 0 aliphatic rings. The van der Waals surface area contributed by atoms with Gasteiger partial charge in [0.2, 0.25) is 0 Å². The van der Waals surface area contributed by atoms with Crippen LogP contribution in [0.15, 0.2) is 40.9 Å². The van der Waals surface area contributed by atoms with Gasteiger partial charge in [0.1, 0.15) is 17.1 Å². The Morgan fingerprint density at radius 1 is 1.40 bits per heavy atom. The van der Waals surface area contributed by atoms with Gasteiger partial charge in [-0.05, 0) is 53.4 Å². The van der Waals surface area contributed by atoms with Crippen molar-refractivity contribution in [2.75, 3.05) is 6.61 Å². The molecule has 2 heterocycles. The predicted octanol–water partition coefficient (Wildman–Crippen LogP) is 3.51. The lowest BCUT2D eigenvalue weighted by Crippen LogP contribution is -1.90. The third-order valence-corrected chi connectivity index (χ3v) is 4.63. The number of nitrogens with zero attached hydrogens (tertiary/aromatic N) is 3. The normalized spacial score (nSPS) is 10.9. The van der Waals surface area contributed by atoms with Gasteiger partial charge in [-0.25, -0.2) is 15.0 Å². The molecule has 0 radical (unpaired) electrons. The fourth-order valence-corrected chi connectivity index (χ4v) is 3.11. The molecule has 0 spiro atoms. The van der Waals surface area contributed by atoms with Crippen molar-refractivity contribution in [3.05, 3.63) is 34.3 Å². The fourth-order valence-electron chi connectivity index (χ4n) is 1.74. The summed E-state index contributed by atoms with van der Waals surface area (Å²) in [5, 5.41) is 1.70. The third kappa shape index (κ3) is 2.88. The number of rotatable bonds is 4. The highest BCUT2D eigenvalue weighted by Gasteiger charge is 2.09. The standard InChI is InChI=1S/C13H11IN4OS/c1-2-19-8-3-4-10-11(5-8)18-13(17-10)20-12-9(14)6-15-7-16-12/h3-7H,2H2,1H3,(H,17,18). The first-order valence-electron chi connectivity index (χ1n) is 6.02. The molecule has 0 fully saturated rings. The summed E-state index contributed by atoms with van der Waals surface area (Å²) in [6, 6.07) is 5.84. The Morgan fingerprint density at radius 2 is 2.30 bits per heavy atom. The number of H-pyrrole nitrogens is 1. The van der Waals surface area contributed by atoms with Gasteiger partial charge in [0.25, 0.3) is 0 Å². The van der Waals surface area contributed by atoms with Crippen molar-refractivity contribution in [1.29, 1.82) is 0 Å². The molecule has 2 aromatic heterocycles. The highest BCUT2D eigenvalue weighted by Crippen LogP contribution is 2.29. The van der Waals surface area contributed by atoms with Crippen LogP contribution >= 0.6 is 34.4 Å². The minimum atomic E-state index is 0.653. The molecule has 102 valence electrons. The summed E-state index contributed by atoms with van der Waals surface area (Å²) >= 11 is 3.71. The van der Waals surface area contributed by atoms with E-state index in [0.29, 0.717) is 6.61 Å². The van der Waals surface area contributed by atoms with E-state index >= 15 is 0 Å². The molecule has 0 saturated carbocycles. The quantitative estimate of drug-likeness (QED) is 0.539. The minimum absolute atomic E-state index is 0.653. The largest absolute Gasteiger partial charge is 0.494 e. The number of imidazole rings is 1. The molecule has 0 saturated heterocycles. The van der Waals surface area contributed by atoms with Gasteiger partial charge in [0.15, 0.2) is 5.16 Å². The van der Waals surface area contributed by atoms with Crippen LogP contribution in [0.2, 0.25) is 0 Å². The van der Waals surface area contributed by atoms with Crippen LogP contribution in [0.4, 0.5) is 0 Å². The summed E-state index contributed by atoms with van der Waals surface area (Å²) in [5.41, 5.74) is 1.88. The first-order valence-corrected chi connectivity index (χ1v) is 7.91. The number of aromatic nitrogens is 4. The zero-order chi connectivity index (χ0) is 13.9. The fraction of sp³-hybridized carbons (Fsp3) is 0.154. The minimum Gasteiger partial charge on any atom is -0.494 e. The van der Waals surface area contributed by atoms with Crippen LogP contribution in [0.5, 0.6) is 5.75 Å². The van der Waals surface area contributed by atoms with Crippen molar-refractivity contribution in [2.24, 2.45) is 0 Å². The Morgan fingerprint density at radius 3 is 3.10 bits per heavy atom. The first kappa shape index (κ1) is 13.6. The molecule has 1 N–H and O–H groups in total. The predicted molar refractivity (Wildman–Crippen MR) is 86.1 cm³/mol. The molecule has 0 atom stereocenters. The van der Waals surface area contributed by atoms with Crippen molar-refractivity contribution >= 4 is 45.4 Å². The summed E-state index contributed by atoms with van der Waals surface area (Å²) in [5.74, 6) is 0.844. The molecular weight excluding hydrogens is 387 g/mol. The monoisotopic (exact) mass is 398 g/mol. The van der Waals surface area contributed by atoms with Crippen LogP contribution in [-0.2, 0) is 0 Å². The van der Waals surface area contributed by atoms with Crippen LogP contribution in [0, 0.1) is 3.57 Å². The number of hydrogen-bond acceptors (Lipinski definition) is 5. The maximum atomic E-state index is 5.48. The van der Waals surface area contributed by atoms with Gasteiger partial charge in [-0.2, -0.15) is 0 Å². The topological polar surface area (TPSA) is 63.7 Å². The Hall–Kier alpha value is -1.35. The summed E-state index contributed by atoms with van der Waals surface area (Å²) < 4.78 is 6.49. The molecule has 0 aliphatic carbocycles. The molecule has 0 amide bonds. The van der Waals surface area contributed by atoms with Gasteiger partial charge in [-0.3, -0.25) is 0 Å². The third-order valence-electron chi connectivity index (χ3n) is 2.57.